The Morgan fingerprint density at radius 2 is 2.05 bits per heavy atom. The SMILES string of the molecule is C[C@@H]1CCCN(C(=O)/C(=C/c2ccco2)c2ccccc2)C1. The smallest absolute Gasteiger partial charge is 0.254 e. The van der Waals surface area contributed by atoms with Crippen molar-refractivity contribution in [2.24, 2.45) is 5.92 Å². The zero-order valence-corrected chi connectivity index (χ0v) is 12.9. The first-order valence-electron chi connectivity index (χ1n) is 7.84. The summed E-state index contributed by atoms with van der Waals surface area (Å²) in [5.74, 6) is 1.37. The third-order valence-corrected chi connectivity index (χ3v) is 4.09. The van der Waals surface area contributed by atoms with E-state index in [1.54, 1.807) is 6.26 Å². The van der Waals surface area contributed by atoms with E-state index in [9.17, 15) is 4.79 Å². The molecule has 1 aliphatic rings. The lowest BCUT2D eigenvalue weighted by Gasteiger charge is -2.31. The minimum absolute atomic E-state index is 0.0918. The van der Waals surface area contributed by atoms with Crippen molar-refractivity contribution in [2.75, 3.05) is 13.1 Å². The lowest BCUT2D eigenvalue weighted by molar-refractivity contribution is -0.126. The van der Waals surface area contributed by atoms with Crippen molar-refractivity contribution in [2.45, 2.75) is 19.8 Å². The van der Waals surface area contributed by atoms with Crippen LogP contribution in [0.25, 0.3) is 11.6 Å². The zero-order valence-electron chi connectivity index (χ0n) is 12.9. The molecule has 1 atom stereocenters. The van der Waals surface area contributed by atoms with E-state index in [4.69, 9.17) is 4.42 Å². The molecular weight excluding hydrogens is 274 g/mol. The summed E-state index contributed by atoms with van der Waals surface area (Å²) >= 11 is 0. The van der Waals surface area contributed by atoms with E-state index in [1.165, 1.54) is 6.42 Å². The highest BCUT2D eigenvalue weighted by molar-refractivity contribution is 6.24. The van der Waals surface area contributed by atoms with Gasteiger partial charge in [-0.25, -0.2) is 0 Å². The van der Waals surface area contributed by atoms with Gasteiger partial charge in [0.2, 0.25) is 0 Å². The van der Waals surface area contributed by atoms with Crippen molar-refractivity contribution < 1.29 is 9.21 Å². The van der Waals surface area contributed by atoms with Crippen molar-refractivity contribution >= 4 is 17.6 Å². The zero-order chi connectivity index (χ0) is 15.4. The Bertz CT molecular complexity index is 643. The van der Waals surface area contributed by atoms with Gasteiger partial charge in [0.25, 0.3) is 5.91 Å². The summed E-state index contributed by atoms with van der Waals surface area (Å²) < 4.78 is 5.40. The second kappa shape index (κ2) is 6.65. The van der Waals surface area contributed by atoms with Crippen molar-refractivity contribution in [1.29, 1.82) is 0 Å². The van der Waals surface area contributed by atoms with Crippen LogP contribution in [0.3, 0.4) is 0 Å². The first-order valence-corrected chi connectivity index (χ1v) is 7.84. The minimum atomic E-state index is 0.0918. The Labute approximate surface area is 131 Å². The normalized spacial score (nSPS) is 19.2. The predicted molar refractivity (Wildman–Crippen MR) is 88.0 cm³/mol. The lowest BCUT2D eigenvalue weighted by atomic mass is 9.97. The van der Waals surface area contributed by atoms with Gasteiger partial charge in [0, 0.05) is 13.1 Å². The lowest BCUT2D eigenvalue weighted by Crippen LogP contribution is -2.39. The molecule has 3 rings (SSSR count). The van der Waals surface area contributed by atoms with Crippen LogP contribution in [0.15, 0.2) is 53.1 Å². The van der Waals surface area contributed by atoms with Gasteiger partial charge in [0.1, 0.15) is 5.76 Å². The number of hydrogen-bond donors (Lipinski definition) is 0. The highest BCUT2D eigenvalue weighted by Gasteiger charge is 2.24. The third-order valence-electron chi connectivity index (χ3n) is 4.09. The maximum Gasteiger partial charge on any atom is 0.254 e. The van der Waals surface area contributed by atoms with Gasteiger partial charge < -0.3 is 9.32 Å². The second-order valence-corrected chi connectivity index (χ2v) is 5.94. The molecule has 0 bridgehead atoms. The Kier molecular flexibility index (Phi) is 4.42. The van der Waals surface area contributed by atoms with Gasteiger partial charge in [-0.1, -0.05) is 37.3 Å². The number of benzene rings is 1. The maximum absolute atomic E-state index is 13.0. The van der Waals surface area contributed by atoms with Crippen LogP contribution in [0.1, 0.15) is 31.1 Å². The number of likely N-dealkylation sites (tertiary alicyclic amines) is 1. The molecule has 3 nitrogen and oxygen atoms in total. The Hall–Kier alpha value is -2.29. The topological polar surface area (TPSA) is 33.5 Å². The molecule has 1 aliphatic heterocycles. The van der Waals surface area contributed by atoms with Gasteiger partial charge in [-0.05, 0) is 42.5 Å². The van der Waals surface area contributed by atoms with E-state index >= 15 is 0 Å². The summed E-state index contributed by atoms with van der Waals surface area (Å²) in [4.78, 5) is 15.0. The first kappa shape index (κ1) is 14.6. The van der Waals surface area contributed by atoms with Gasteiger partial charge in [-0.2, -0.15) is 0 Å². The molecule has 0 aliphatic carbocycles. The molecule has 1 fully saturated rings. The number of piperidine rings is 1. The minimum Gasteiger partial charge on any atom is -0.465 e. The molecule has 0 N–H and O–H groups in total. The van der Waals surface area contributed by atoms with Crippen molar-refractivity contribution in [1.82, 2.24) is 4.90 Å². The van der Waals surface area contributed by atoms with E-state index in [1.807, 2.05) is 53.4 Å². The van der Waals surface area contributed by atoms with Crippen LogP contribution in [0.4, 0.5) is 0 Å². The monoisotopic (exact) mass is 295 g/mol. The molecule has 2 heterocycles. The number of hydrogen-bond acceptors (Lipinski definition) is 2. The number of carbonyl (C=O) groups is 1. The molecule has 2 aromatic rings. The van der Waals surface area contributed by atoms with Crippen LogP contribution < -0.4 is 0 Å². The number of amides is 1. The largest absolute Gasteiger partial charge is 0.465 e. The summed E-state index contributed by atoms with van der Waals surface area (Å²) in [7, 11) is 0. The fourth-order valence-electron chi connectivity index (χ4n) is 2.95. The average molecular weight is 295 g/mol. The summed E-state index contributed by atoms with van der Waals surface area (Å²) in [6.45, 7) is 3.88. The molecule has 0 radical (unpaired) electrons. The van der Waals surface area contributed by atoms with Crippen LogP contribution in [0.5, 0.6) is 0 Å². The molecule has 1 aromatic heterocycles. The fraction of sp³-hybridized carbons (Fsp3) is 0.316. The number of carbonyl (C=O) groups excluding carboxylic acids is 1. The van der Waals surface area contributed by atoms with Gasteiger partial charge in [-0.3, -0.25) is 4.79 Å². The van der Waals surface area contributed by atoms with E-state index < -0.39 is 0 Å². The van der Waals surface area contributed by atoms with Crippen molar-refractivity contribution in [3.05, 3.63) is 60.1 Å². The molecule has 3 heteroatoms. The molecule has 0 unspecified atom stereocenters. The van der Waals surface area contributed by atoms with Gasteiger partial charge >= 0.3 is 0 Å². The molecular formula is C19H21NO2. The molecule has 0 spiro atoms. The van der Waals surface area contributed by atoms with E-state index in [-0.39, 0.29) is 5.91 Å². The first-order chi connectivity index (χ1) is 10.7. The van der Waals surface area contributed by atoms with Gasteiger partial charge in [-0.15, -0.1) is 0 Å². The van der Waals surface area contributed by atoms with E-state index in [0.29, 0.717) is 17.3 Å². The number of nitrogens with zero attached hydrogens (tertiary/aromatic N) is 1. The molecule has 1 saturated heterocycles. The number of rotatable bonds is 3. The van der Waals surface area contributed by atoms with E-state index in [0.717, 1.165) is 25.1 Å². The van der Waals surface area contributed by atoms with Crippen molar-refractivity contribution in [3.63, 3.8) is 0 Å². The van der Waals surface area contributed by atoms with Crippen LogP contribution in [0, 0.1) is 5.92 Å². The summed E-state index contributed by atoms with van der Waals surface area (Å²) in [5, 5.41) is 0. The maximum atomic E-state index is 13.0. The average Bonchev–Trinajstić information content (AvgIpc) is 3.06. The predicted octanol–water partition coefficient (Wildman–Crippen LogP) is 4.08. The van der Waals surface area contributed by atoms with Crippen LogP contribution in [-0.4, -0.2) is 23.9 Å². The molecule has 22 heavy (non-hydrogen) atoms. The second-order valence-electron chi connectivity index (χ2n) is 5.94. The van der Waals surface area contributed by atoms with Crippen LogP contribution in [-0.2, 0) is 4.79 Å². The number of furan rings is 1. The highest BCUT2D eigenvalue weighted by atomic mass is 16.3. The molecule has 1 amide bonds. The Morgan fingerprint density at radius 3 is 2.73 bits per heavy atom. The van der Waals surface area contributed by atoms with Crippen LogP contribution in [0.2, 0.25) is 0 Å². The Balaban J connectivity index is 1.93. The van der Waals surface area contributed by atoms with Gasteiger partial charge in [0.15, 0.2) is 0 Å². The summed E-state index contributed by atoms with van der Waals surface area (Å²) in [6.07, 6.45) is 5.75. The van der Waals surface area contributed by atoms with Crippen LogP contribution >= 0.6 is 0 Å². The quantitative estimate of drug-likeness (QED) is 0.799. The Morgan fingerprint density at radius 1 is 1.23 bits per heavy atom. The standard InChI is InChI=1S/C19H21NO2/c1-15-7-5-11-20(14-15)19(21)18(13-17-10-6-12-22-17)16-8-3-2-4-9-16/h2-4,6,8-10,12-13,15H,5,7,11,14H2,1H3/b18-13+/t15-/m1/s1. The third kappa shape index (κ3) is 3.30. The highest BCUT2D eigenvalue weighted by Crippen LogP contribution is 2.24. The van der Waals surface area contributed by atoms with Crippen molar-refractivity contribution in [3.8, 4) is 0 Å². The molecule has 114 valence electrons. The van der Waals surface area contributed by atoms with Gasteiger partial charge in [0.05, 0.1) is 11.8 Å². The summed E-state index contributed by atoms with van der Waals surface area (Å²) in [5.41, 5.74) is 1.63. The fourth-order valence-corrected chi connectivity index (χ4v) is 2.95. The molecule has 0 saturated carbocycles. The summed E-state index contributed by atoms with van der Waals surface area (Å²) in [6, 6.07) is 13.5. The van der Waals surface area contributed by atoms with E-state index in [2.05, 4.69) is 6.92 Å². The molecule has 1 aromatic carbocycles.